The Morgan fingerprint density at radius 3 is 2.61 bits per heavy atom. The summed E-state index contributed by atoms with van der Waals surface area (Å²) in [4.78, 5) is 16.2. The van der Waals surface area contributed by atoms with Crippen LogP contribution in [0.4, 0.5) is 0 Å². The van der Waals surface area contributed by atoms with E-state index in [4.69, 9.17) is 4.74 Å². The van der Waals surface area contributed by atoms with Gasteiger partial charge in [0.05, 0.1) is 24.9 Å². The van der Waals surface area contributed by atoms with E-state index in [9.17, 15) is 9.90 Å². The molecule has 2 aliphatic heterocycles. The standard InChI is InChI=1S/C13H24N2O3/c1-13(2)10-14(7-8-18-13)9-12(17)15-5-3-11(16)4-6-15/h11,16H,3-10H2,1-2H3. The van der Waals surface area contributed by atoms with E-state index in [1.54, 1.807) is 0 Å². The maximum Gasteiger partial charge on any atom is 0.236 e. The predicted octanol–water partition coefficient (Wildman–Crippen LogP) is 0.0805. The fraction of sp³-hybridized carbons (Fsp3) is 0.923. The number of piperidine rings is 1. The minimum Gasteiger partial charge on any atom is -0.393 e. The number of aliphatic hydroxyl groups is 1. The number of aliphatic hydroxyl groups excluding tert-OH is 1. The molecule has 2 aliphatic rings. The molecule has 2 rings (SSSR count). The van der Waals surface area contributed by atoms with Crippen molar-refractivity contribution in [2.24, 2.45) is 0 Å². The van der Waals surface area contributed by atoms with Crippen LogP contribution in [0.25, 0.3) is 0 Å². The van der Waals surface area contributed by atoms with Crippen molar-refractivity contribution in [1.29, 1.82) is 0 Å². The summed E-state index contributed by atoms with van der Waals surface area (Å²) in [6.45, 7) is 8.28. The molecular formula is C13H24N2O3. The van der Waals surface area contributed by atoms with Crippen LogP contribution in [0.5, 0.6) is 0 Å². The zero-order chi connectivity index (χ0) is 13.2. The van der Waals surface area contributed by atoms with E-state index < -0.39 is 0 Å². The molecule has 0 atom stereocenters. The van der Waals surface area contributed by atoms with Crippen molar-refractivity contribution in [1.82, 2.24) is 9.80 Å². The molecule has 0 spiro atoms. The van der Waals surface area contributed by atoms with Gasteiger partial charge in [-0.25, -0.2) is 0 Å². The van der Waals surface area contributed by atoms with Crippen molar-refractivity contribution in [3.05, 3.63) is 0 Å². The molecule has 0 aromatic rings. The summed E-state index contributed by atoms with van der Waals surface area (Å²) in [5.74, 6) is 0.180. The molecule has 2 saturated heterocycles. The summed E-state index contributed by atoms with van der Waals surface area (Å²) < 4.78 is 5.64. The predicted molar refractivity (Wildman–Crippen MR) is 68.3 cm³/mol. The van der Waals surface area contributed by atoms with Crippen molar-refractivity contribution in [2.45, 2.75) is 38.4 Å². The molecular weight excluding hydrogens is 232 g/mol. The van der Waals surface area contributed by atoms with E-state index in [2.05, 4.69) is 18.7 Å². The van der Waals surface area contributed by atoms with Crippen LogP contribution in [-0.2, 0) is 9.53 Å². The van der Waals surface area contributed by atoms with Gasteiger partial charge in [0.25, 0.3) is 0 Å². The number of rotatable bonds is 2. The van der Waals surface area contributed by atoms with E-state index in [-0.39, 0.29) is 17.6 Å². The fourth-order valence-electron chi connectivity index (χ4n) is 2.66. The van der Waals surface area contributed by atoms with Crippen LogP contribution < -0.4 is 0 Å². The van der Waals surface area contributed by atoms with Gasteiger partial charge in [0.15, 0.2) is 0 Å². The van der Waals surface area contributed by atoms with Gasteiger partial charge in [-0.3, -0.25) is 9.69 Å². The number of carbonyl (C=O) groups excluding carboxylic acids is 1. The lowest BCUT2D eigenvalue weighted by Crippen LogP contribution is -2.52. The molecule has 2 fully saturated rings. The van der Waals surface area contributed by atoms with Gasteiger partial charge in [-0.15, -0.1) is 0 Å². The second-order valence-corrected chi connectivity index (χ2v) is 5.93. The Bertz CT molecular complexity index is 299. The number of hydrogen-bond donors (Lipinski definition) is 1. The largest absolute Gasteiger partial charge is 0.393 e. The highest BCUT2D eigenvalue weighted by molar-refractivity contribution is 5.78. The molecule has 18 heavy (non-hydrogen) atoms. The number of carbonyl (C=O) groups is 1. The maximum atomic E-state index is 12.1. The molecule has 0 aliphatic carbocycles. The highest BCUT2D eigenvalue weighted by Crippen LogP contribution is 2.17. The zero-order valence-corrected chi connectivity index (χ0v) is 11.4. The molecule has 1 amide bonds. The second kappa shape index (κ2) is 5.55. The highest BCUT2D eigenvalue weighted by atomic mass is 16.5. The first-order valence-electron chi connectivity index (χ1n) is 6.78. The van der Waals surface area contributed by atoms with Gasteiger partial charge in [-0.05, 0) is 26.7 Å². The van der Waals surface area contributed by atoms with E-state index in [1.807, 2.05) is 4.90 Å². The van der Waals surface area contributed by atoms with Crippen molar-refractivity contribution in [2.75, 3.05) is 39.3 Å². The molecule has 0 bridgehead atoms. The third-order valence-electron chi connectivity index (χ3n) is 3.68. The lowest BCUT2D eigenvalue weighted by Gasteiger charge is -2.39. The number of ether oxygens (including phenoxy) is 1. The van der Waals surface area contributed by atoms with E-state index >= 15 is 0 Å². The number of morpholine rings is 1. The summed E-state index contributed by atoms with van der Waals surface area (Å²) >= 11 is 0. The summed E-state index contributed by atoms with van der Waals surface area (Å²) in [5, 5.41) is 9.43. The van der Waals surface area contributed by atoms with Crippen molar-refractivity contribution in [3.8, 4) is 0 Å². The van der Waals surface area contributed by atoms with Gasteiger partial charge < -0.3 is 14.7 Å². The van der Waals surface area contributed by atoms with Gasteiger partial charge >= 0.3 is 0 Å². The second-order valence-electron chi connectivity index (χ2n) is 5.93. The first-order valence-corrected chi connectivity index (χ1v) is 6.78. The zero-order valence-electron chi connectivity index (χ0n) is 11.4. The Morgan fingerprint density at radius 1 is 1.33 bits per heavy atom. The van der Waals surface area contributed by atoms with Crippen LogP contribution in [-0.4, -0.2) is 71.8 Å². The molecule has 2 heterocycles. The molecule has 0 unspecified atom stereocenters. The topological polar surface area (TPSA) is 53.0 Å². The van der Waals surface area contributed by atoms with E-state index in [0.29, 0.717) is 39.1 Å². The van der Waals surface area contributed by atoms with Gasteiger partial charge in [-0.1, -0.05) is 0 Å². The first-order chi connectivity index (χ1) is 8.46. The SMILES string of the molecule is CC1(C)CN(CC(=O)N2CCC(O)CC2)CCO1. The normalized spacial score (nSPS) is 26.3. The minimum absolute atomic E-state index is 0.156. The Kier molecular flexibility index (Phi) is 4.25. The minimum atomic E-state index is -0.226. The number of hydrogen-bond acceptors (Lipinski definition) is 4. The smallest absolute Gasteiger partial charge is 0.236 e. The number of likely N-dealkylation sites (tertiary alicyclic amines) is 1. The maximum absolute atomic E-state index is 12.1. The summed E-state index contributed by atoms with van der Waals surface area (Å²) in [5.41, 5.74) is -0.156. The van der Waals surface area contributed by atoms with Crippen molar-refractivity contribution >= 4 is 5.91 Å². The average molecular weight is 256 g/mol. The number of amides is 1. The molecule has 0 saturated carbocycles. The van der Waals surface area contributed by atoms with E-state index in [0.717, 1.165) is 13.1 Å². The molecule has 5 heteroatoms. The molecule has 0 radical (unpaired) electrons. The van der Waals surface area contributed by atoms with Crippen molar-refractivity contribution < 1.29 is 14.6 Å². The van der Waals surface area contributed by atoms with Crippen LogP contribution in [0.1, 0.15) is 26.7 Å². The number of nitrogens with zero attached hydrogens (tertiary/aromatic N) is 2. The first kappa shape index (κ1) is 13.8. The molecule has 5 nitrogen and oxygen atoms in total. The molecule has 0 aromatic carbocycles. The Balaban J connectivity index is 1.80. The van der Waals surface area contributed by atoms with Crippen LogP contribution in [0.15, 0.2) is 0 Å². The fourth-order valence-corrected chi connectivity index (χ4v) is 2.66. The van der Waals surface area contributed by atoms with Crippen LogP contribution in [0, 0.1) is 0 Å². The molecule has 104 valence electrons. The Morgan fingerprint density at radius 2 is 2.00 bits per heavy atom. The van der Waals surface area contributed by atoms with Gasteiger partial charge in [0.1, 0.15) is 0 Å². The average Bonchev–Trinajstić information content (AvgIpc) is 2.28. The van der Waals surface area contributed by atoms with Gasteiger partial charge in [0, 0.05) is 26.2 Å². The summed E-state index contributed by atoms with van der Waals surface area (Å²) in [6, 6.07) is 0. The lowest BCUT2D eigenvalue weighted by atomic mass is 10.1. The Labute approximate surface area is 109 Å². The monoisotopic (exact) mass is 256 g/mol. The Hall–Kier alpha value is -0.650. The van der Waals surface area contributed by atoms with Gasteiger partial charge in [0.2, 0.25) is 5.91 Å². The third-order valence-corrected chi connectivity index (χ3v) is 3.68. The third kappa shape index (κ3) is 3.67. The molecule has 1 N–H and O–H groups in total. The van der Waals surface area contributed by atoms with E-state index in [1.165, 1.54) is 0 Å². The lowest BCUT2D eigenvalue weighted by molar-refractivity contribution is -0.138. The highest BCUT2D eigenvalue weighted by Gasteiger charge is 2.29. The van der Waals surface area contributed by atoms with Crippen LogP contribution in [0.2, 0.25) is 0 Å². The molecule has 0 aromatic heterocycles. The van der Waals surface area contributed by atoms with Crippen LogP contribution in [0.3, 0.4) is 0 Å². The van der Waals surface area contributed by atoms with Gasteiger partial charge in [-0.2, -0.15) is 0 Å². The van der Waals surface area contributed by atoms with Crippen LogP contribution >= 0.6 is 0 Å². The quantitative estimate of drug-likeness (QED) is 0.760. The van der Waals surface area contributed by atoms with Crippen molar-refractivity contribution in [3.63, 3.8) is 0 Å². The summed E-state index contributed by atoms with van der Waals surface area (Å²) in [7, 11) is 0. The summed E-state index contributed by atoms with van der Waals surface area (Å²) in [6.07, 6.45) is 1.19.